The first-order chi connectivity index (χ1) is 9.63. The van der Waals surface area contributed by atoms with Crippen molar-refractivity contribution in [2.75, 3.05) is 20.1 Å². The van der Waals surface area contributed by atoms with Gasteiger partial charge in [0, 0.05) is 20.1 Å². The first-order valence-electron chi connectivity index (χ1n) is 6.44. The van der Waals surface area contributed by atoms with Crippen molar-refractivity contribution in [2.45, 2.75) is 19.0 Å². The number of halogens is 3. The number of amides is 2. The SMILES string of the molecule is CNC(=O)C1(C(=O)N2C[C@@H](C(F)(F)F)[C@H](C(=O)O)C2)CC1. The fraction of sp³-hybridized carbons (Fsp3) is 0.750. The zero-order chi connectivity index (χ0) is 16.0. The van der Waals surface area contributed by atoms with Gasteiger partial charge in [-0.15, -0.1) is 0 Å². The lowest BCUT2D eigenvalue weighted by Gasteiger charge is -2.22. The Morgan fingerprint density at radius 1 is 1.24 bits per heavy atom. The van der Waals surface area contributed by atoms with Gasteiger partial charge in [-0.05, 0) is 12.8 Å². The standard InChI is InChI=1S/C12H15F3N2O4/c1-16-9(20)11(2-3-11)10(21)17-4-6(8(18)19)7(5-17)12(13,14)15/h6-7H,2-5H2,1H3,(H,16,20)(H,18,19)/t6-,7-/m1/s1. The summed E-state index contributed by atoms with van der Waals surface area (Å²) >= 11 is 0. The second kappa shape index (κ2) is 4.88. The maximum Gasteiger partial charge on any atom is 0.394 e. The van der Waals surface area contributed by atoms with Crippen molar-refractivity contribution < 1.29 is 32.7 Å². The van der Waals surface area contributed by atoms with Crippen LogP contribution >= 0.6 is 0 Å². The summed E-state index contributed by atoms with van der Waals surface area (Å²) < 4.78 is 38.6. The highest BCUT2D eigenvalue weighted by Crippen LogP contribution is 2.49. The van der Waals surface area contributed by atoms with Crippen LogP contribution in [0, 0.1) is 17.3 Å². The van der Waals surface area contributed by atoms with E-state index in [0.29, 0.717) is 0 Å². The molecule has 1 aliphatic heterocycles. The summed E-state index contributed by atoms with van der Waals surface area (Å²) in [5.74, 6) is -6.61. The molecule has 0 aromatic rings. The third-order valence-electron chi connectivity index (χ3n) is 4.17. The summed E-state index contributed by atoms with van der Waals surface area (Å²) in [6, 6.07) is 0. The summed E-state index contributed by atoms with van der Waals surface area (Å²) in [5, 5.41) is 11.2. The zero-order valence-corrected chi connectivity index (χ0v) is 11.2. The molecule has 9 heteroatoms. The number of hydrogen-bond donors (Lipinski definition) is 2. The molecule has 0 aromatic carbocycles. The van der Waals surface area contributed by atoms with Crippen molar-refractivity contribution in [3.05, 3.63) is 0 Å². The van der Waals surface area contributed by atoms with Crippen molar-refractivity contribution in [2.24, 2.45) is 17.3 Å². The van der Waals surface area contributed by atoms with Crippen molar-refractivity contribution in [1.29, 1.82) is 0 Å². The van der Waals surface area contributed by atoms with Crippen LogP contribution in [0.25, 0.3) is 0 Å². The minimum Gasteiger partial charge on any atom is -0.481 e. The lowest BCUT2D eigenvalue weighted by Crippen LogP contribution is -2.44. The van der Waals surface area contributed by atoms with Crippen LogP contribution in [0.2, 0.25) is 0 Å². The third-order valence-corrected chi connectivity index (χ3v) is 4.17. The minimum absolute atomic E-state index is 0.274. The van der Waals surface area contributed by atoms with Crippen molar-refractivity contribution in [1.82, 2.24) is 10.2 Å². The molecule has 0 unspecified atom stereocenters. The molecule has 1 aliphatic carbocycles. The molecule has 118 valence electrons. The zero-order valence-electron chi connectivity index (χ0n) is 11.2. The van der Waals surface area contributed by atoms with Gasteiger partial charge in [-0.3, -0.25) is 14.4 Å². The normalized spacial score (nSPS) is 27.3. The molecule has 21 heavy (non-hydrogen) atoms. The molecule has 2 rings (SSSR count). The summed E-state index contributed by atoms with van der Waals surface area (Å²) in [6.07, 6.45) is -4.14. The predicted octanol–water partition coefficient (Wildman–Crippen LogP) is 0.234. The highest BCUT2D eigenvalue weighted by Gasteiger charge is 2.61. The van der Waals surface area contributed by atoms with E-state index in [2.05, 4.69) is 5.32 Å². The number of carbonyl (C=O) groups excluding carboxylic acids is 2. The van der Waals surface area contributed by atoms with Gasteiger partial charge in [-0.25, -0.2) is 0 Å². The van der Waals surface area contributed by atoms with E-state index in [1.54, 1.807) is 0 Å². The molecule has 2 amide bonds. The highest BCUT2D eigenvalue weighted by atomic mass is 19.4. The lowest BCUT2D eigenvalue weighted by molar-refractivity contribution is -0.188. The molecule has 0 radical (unpaired) electrons. The van der Waals surface area contributed by atoms with Crippen molar-refractivity contribution in [3.8, 4) is 0 Å². The highest BCUT2D eigenvalue weighted by molar-refractivity contribution is 6.08. The van der Waals surface area contributed by atoms with Crippen LogP contribution in [-0.4, -0.2) is 54.1 Å². The Labute approximate surface area is 118 Å². The fourth-order valence-electron chi connectivity index (χ4n) is 2.76. The largest absolute Gasteiger partial charge is 0.481 e. The molecule has 1 saturated carbocycles. The Hall–Kier alpha value is -1.80. The number of alkyl halides is 3. The van der Waals surface area contributed by atoms with Gasteiger partial charge in [0.2, 0.25) is 11.8 Å². The maximum atomic E-state index is 12.9. The lowest BCUT2D eigenvalue weighted by atomic mass is 9.96. The molecule has 0 bridgehead atoms. The quantitative estimate of drug-likeness (QED) is 0.731. The van der Waals surface area contributed by atoms with Gasteiger partial charge in [-0.2, -0.15) is 13.2 Å². The number of hydrogen-bond acceptors (Lipinski definition) is 3. The molecule has 6 nitrogen and oxygen atoms in total. The molecule has 1 heterocycles. The molecule has 1 saturated heterocycles. The number of likely N-dealkylation sites (tertiary alicyclic amines) is 1. The average molecular weight is 308 g/mol. The number of nitrogens with one attached hydrogen (secondary N) is 1. The van der Waals surface area contributed by atoms with Gasteiger partial charge >= 0.3 is 12.1 Å². The molecular formula is C12H15F3N2O4. The number of nitrogens with zero attached hydrogens (tertiary/aromatic N) is 1. The van der Waals surface area contributed by atoms with Gasteiger partial charge < -0.3 is 15.3 Å². The smallest absolute Gasteiger partial charge is 0.394 e. The second-order valence-electron chi connectivity index (χ2n) is 5.46. The van der Waals surface area contributed by atoms with E-state index in [9.17, 15) is 27.6 Å². The Morgan fingerprint density at radius 3 is 2.14 bits per heavy atom. The molecule has 2 fully saturated rings. The summed E-state index contributed by atoms with van der Waals surface area (Å²) in [5.41, 5.74) is -1.31. The number of rotatable bonds is 3. The van der Waals surface area contributed by atoms with E-state index in [1.165, 1.54) is 7.05 Å². The molecule has 2 aliphatic rings. The third kappa shape index (κ3) is 2.56. The Morgan fingerprint density at radius 2 is 1.81 bits per heavy atom. The summed E-state index contributed by atoms with van der Waals surface area (Å²) in [4.78, 5) is 35.8. The van der Waals surface area contributed by atoms with E-state index in [0.717, 1.165) is 4.90 Å². The molecule has 0 aromatic heterocycles. The van der Waals surface area contributed by atoms with Gasteiger partial charge in [0.15, 0.2) is 0 Å². The maximum absolute atomic E-state index is 12.9. The van der Waals surface area contributed by atoms with Gasteiger partial charge in [0.1, 0.15) is 5.41 Å². The number of carbonyl (C=O) groups is 3. The van der Waals surface area contributed by atoms with E-state index in [4.69, 9.17) is 5.11 Å². The van der Waals surface area contributed by atoms with Gasteiger partial charge in [-0.1, -0.05) is 0 Å². The van der Waals surface area contributed by atoms with Crippen LogP contribution in [0.15, 0.2) is 0 Å². The van der Waals surface area contributed by atoms with E-state index in [-0.39, 0.29) is 12.8 Å². The van der Waals surface area contributed by atoms with Gasteiger partial charge in [0.05, 0.1) is 11.8 Å². The van der Waals surface area contributed by atoms with Crippen LogP contribution in [-0.2, 0) is 14.4 Å². The number of carboxylic acids is 1. The van der Waals surface area contributed by atoms with E-state index >= 15 is 0 Å². The van der Waals surface area contributed by atoms with Crippen LogP contribution in [0.3, 0.4) is 0 Å². The van der Waals surface area contributed by atoms with Crippen LogP contribution in [0.4, 0.5) is 13.2 Å². The Bertz CT molecular complexity index is 487. The molecular weight excluding hydrogens is 293 g/mol. The van der Waals surface area contributed by atoms with Crippen molar-refractivity contribution in [3.63, 3.8) is 0 Å². The molecule has 2 atom stereocenters. The van der Waals surface area contributed by atoms with Crippen molar-refractivity contribution >= 4 is 17.8 Å². The molecule has 0 spiro atoms. The summed E-state index contributed by atoms with van der Waals surface area (Å²) in [6.45, 7) is -1.23. The monoisotopic (exact) mass is 308 g/mol. The predicted molar refractivity (Wildman–Crippen MR) is 63.0 cm³/mol. The van der Waals surface area contributed by atoms with Crippen LogP contribution in [0.5, 0.6) is 0 Å². The van der Waals surface area contributed by atoms with E-state index in [1.807, 2.05) is 0 Å². The first kappa shape index (κ1) is 15.6. The van der Waals surface area contributed by atoms with Crippen LogP contribution < -0.4 is 5.32 Å². The molecule has 2 N–H and O–H groups in total. The van der Waals surface area contributed by atoms with E-state index < -0.39 is 54.3 Å². The number of aliphatic carboxylic acids is 1. The first-order valence-corrected chi connectivity index (χ1v) is 6.44. The fourth-order valence-corrected chi connectivity index (χ4v) is 2.76. The number of carboxylic acid groups (broad SMARTS) is 1. The minimum atomic E-state index is -4.69. The second-order valence-corrected chi connectivity index (χ2v) is 5.46. The van der Waals surface area contributed by atoms with Crippen LogP contribution in [0.1, 0.15) is 12.8 Å². The Balaban J connectivity index is 2.18. The topological polar surface area (TPSA) is 86.7 Å². The summed E-state index contributed by atoms with van der Waals surface area (Å²) in [7, 11) is 1.35. The average Bonchev–Trinajstić information content (AvgIpc) is 3.06. The Kier molecular flexibility index (Phi) is 3.63. The van der Waals surface area contributed by atoms with Gasteiger partial charge in [0.25, 0.3) is 0 Å².